The van der Waals surface area contributed by atoms with Crippen LogP contribution in [0, 0.1) is 5.41 Å². The van der Waals surface area contributed by atoms with Crippen LogP contribution in [-0.4, -0.2) is 24.5 Å². The number of nitrogens with zero attached hydrogens (tertiary/aromatic N) is 1. The molecule has 0 aliphatic carbocycles. The van der Waals surface area contributed by atoms with Gasteiger partial charge >= 0.3 is 0 Å². The fourth-order valence-electron chi connectivity index (χ4n) is 2.25. The van der Waals surface area contributed by atoms with Crippen LogP contribution in [0.15, 0.2) is 0 Å². The maximum absolute atomic E-state index is 2.49. The summed E-state index contributed by atoms with van der Waals surface area (Å²) < 4.78 is 0. The fraction of sp³-hybridized carbons (Fsp3) is 1.00. The Hall–Kier alpha value is -0.0400. The molecule has 1 heterocycles. The summed E-state index contributed by atoms with van der Waals surface area (Å²) in [5.41, 5.74) is 0.559. The molecule has 1 aliphatic rings. The average molecular weight is 141 g/mol. The molecule has 0 aromatic heterocycles. The minimum Gasteiger partial charge on any atom is -0.303 e. The van der Waals surface area contributed by atoms with Crippen LogP contribution in [0.2, 0.25) is 0 Å². The minimum atomic E-state index is 0.559. The van der Waals surface area contributed by atoms with E-state index in [2.05, 4.69) is 32.7 Å². The first-order chi connectivity index (χ1) is 4.58. The van der Waals surface area contributed by atoms with Crippen molar-refractivity contribution in [1.29, 1.82) is 0 Å². The lowest BCUT2D eigenvalue weighted by molar-refractivity contribution is 0.206. The first-order valence-electron chi connectivity index (χ1n) is 4.28. The maximum atomic E-state index is 2.49. The van der Waals surface area contributed by atoms with Crippen molar-refractivity contribution in [2.45, 2.75) is 39.7 Å². The Morgan fingerprint density at radius 1 is 1.50 bits per heavy atom. The zero-order chi connectivity index (χ0) is 7.78. The van der Waals surface area contributed by atoms with Crippen molar-refractivity contribution in [2.24, 2.45) is 5.41 Å². The molecule has 1 aliphatic heterocycles. The van der Waals surface area contributed by atoms with Gasteiger partial charge < -0.3 is 4.90 Å². The van der Waals surface area contributed by atoms with Gasteiger partial charge in [0.15, 0.2) is 0 Å². The first kappa shape index (κ1) is 8.06. The highest BCUT2D eigenvalue weighted by Crippen LogP contribution is 2.36. The highest BCUT2D eigenvalue weighted by atomic mass is 15.2. The molecule has 1 rings (SSSR count). The van der Waals surface area contributed by atoms with Crippen molar-refractivity contribution in [1.82, 2.24) is 4.90 Å². The summed E-state index contributed by atoms with van der Waals surface area (Å²) in [5.74, 6) is 0. The van der Waals surface area contributed by atoms with Gasteiger partial charge in [-0.1, -0.05) is 20.8 Å². The Labute approximate surface area is 64.4 Å². The first-order valence-corrected chi connectivity index (χ1v) is 4.28. The number of rotatable bonds is 1. The van der Waals surface area contributed by atoms with Gasteiger partial charge in [0, 0.05) is 6.04 Å². The average Bonchev–Trinajstić information content (AvgIpc) is 2.07. The Morgan fingerprint density at radius 2 is 2.10 bits per heavy atom. The molecule has 0 radical (unpaired) electrons. The Morgan fingerprint density at radius 3 is 2.30 bits per heavy atom. The smallest absolute Gasteiger partial charge is 0.0141 e. The molecule has 0 N–H and O–H groups in total. The third kappa shape index (κ3) is 1.20. The van der Waals surface area contributed by atoms with E-state index in [-0.39, 0.29) is 0 Å². The third-order valence-corrected chi connectivity index (χ3v) is 2.93. The lowest BCUT2D eigenvalue weighted by Gasteiger charge is -2.29. The van der Waals surface area contributed by atoms with Gasteiger partial charge in [-0.3, -0.25) is 0 Å². The molecule has 1 nitrogen and oxygen atoms in total. The van der Waals surface area contributed by atoms with Crippen LogP contribution in [0.25, 0.3) is 0 Å². The van der Waals surface area contributed by atoms with Gasteiger partial charge in [-0.2, -0.15) is 0 Å². The van der Waals surface area contributed by atoms with Crippen molar-refractivity contribution < 1.29 is 0 Å². The molecule has 1 fully saturated rings. The molecule has 0 bridgehead atoms. The van der Waals surface area contributed by atoms with E-state index < -0.39 is 0 Å². The zero-order valence-corrected chi connectivity index (χ0v) is 7.65. The van der Waals surface area contributed by atoms with Gasteiger partial charge in [0.2, 0.25) is 0 Å². The van der Waals surface area contributed by atoms with Gasteiger partial charge in [0.1, 0.15) is 0 Å². The van der Waals surface area contributed by atoms with E-state index in [1.807, 2.05) is 0 Å². The summed E-state index contributed by atoms with van der Waals surface area (Å²) in [4.78, 5) is 2.49. The van der Waals surface area contributed by atoms with Gasteiger partial charge in [-0.15, -0.1) is 0 Å². The van der Waals surface area contributed by atoms with Gasteiger partial charge in [-0.25, -0.2) is 0 Å². The Balaban J connectivity index is 2.63. The van der Waals surface area contributed by atoms with Crippen molar-refractivity contribution >= 4 is 0 Å². The molecule has 0 saturated carbocycles. The summed E-state index contributed by atoms with van der Waals surface area (Å²) in [6.07, 6.45) is 2.66. The molecular formula is C9H19N. The summed E-state index contributed by atoms with van der Waals surface area (Å²) in [7, 11) is 2.24. The Kier molecular flexibility index (Phi) is 2.04. The highest BCUT2D eigenvalue weighted by Gasteiger charge is 2.36. The largest absolute Gasteiger partial charge is 0.303 e. The molecule has 0 aromatic rings. The highest BCUT2D eigenvalue weighted by molar-refractivity contribution is 4.90. The molecular weight excluding hydrogens is 122 g/mol. The molecule has 1 atom stereocenters. The van der Waals surface area contributed by atoms with Crippen LogP contribution in [0.4, 0.5) is 0 Å². The third-order valence-electron chi connectivity index (χ3n) is 2.93. The second kappa shape index (κ2) is 2.54. The summed E-state index contributed by atoms with van der Waals surface area (Å²) in [6.45, 7) is 8.33. The van der Waals surface area contributed by atoms with Crippen molar-refractivity contribution in [3.05, 3.63) is 0 Å². The number of hydrogen-bond donors (Lipinski definition) is 0. The normalized spacial score (nSPS) is 33.0. The summed E-state index contributed by atoms with van der Waals surface area (Å²) >= 11 is 0. The lowest BCUT2D eigenvalue weighted by atomic mass is 9.83. The van der Waals surface area contributed by atoms with Crippen molar-refractivity contribution in [3.8, 4) is 0 Å². The van der Waals surface area contributed by atoms with E-state index in [4.69, 9.17) is 0 Å². The quantitative estimate of drug-likeness (QED) is 0.540. The fourth-order valence-corrected chi connectivity index (χ4v) is 2.25. The van der Waals surface area contributed by atoms with Gasteiger partial charge in [0.25, 0.3) is 0 Å². The maximum Gasteiger partial charge on any atom is 0.0141 e. The van der Waals surface area contributed by atoms with Crippen LogP contribution >= 0.6 is 0 Å². The molecule has 0 aromatic carbocycles. The number of likely N-dealkylation sites (tertiary alicyclic amines) is 1. The molecule has 0 unspecified atom stereocenters. The topological polar surface area (TPSA) is 3.24 Å². The minimum absolute atomic E-state index is 0.559. The predicted molar refractivity (Wildman–Crippen MR) is 45.1 cm³/mol. The summed E-state index contributed by atoms with van der Waals surface area (Å²) in [6, 6.07) is 0.812. The van der Waals surface area contributed by atoms with Gasteiger partial charge in [-0.05, 0) is 31.8 Å². The predicted octanol–water partition coefficient (Wildman–Crippen LogP) is 2.13. The van der Waals surface area contributed by atoms with E-state index in [1.54, 1.807) is 0 Å². The lowest BCUT2D eigenvalue weighted by Crippen LogP contribution is -2.33. The van der Waals surface area contributed by atoms with Crippen molar-refractivity contribution in [3.63, 3.8) is 0 Å². The zero-order valence-electron chi connectivity index (χ0n) is 7.65. The standard InChI is InChI=1S/C9H19N/c1-5-8-9(2,3)6-7-10(8)4/h8H,5-7H2,1-4H3/t8-/m0/s1. The van der Waals surface area contributed by atoms with Crippen LogP contribution < -0.4 is 0 Å². The van der Waals surface area contributed by atoms with E-state index in [9.17, 15) is 0 Å². The van der Waals surface area contributed by atoms with E-state index >= 15 is 0 Å². The number of hydrogen-bond acceptors (Lipinski definition) is 1. The van der Waals surface area contributed by atoms with Crippen LogP contribution in [-0.2, 0) is 0 Å². The molecule has 10 heavy (non-hydrogen) atoms. The van der Waals surface area contributed by atoms with Crippen molar-refractivity contribution in [2.75, 3.05) is 13.6 Å². The van der Waals surface area contributed by atoms with E-state index in [1.165, 1.54) is 19.4 Å². The monoisotopic (exact) mass is 141 g/mol. The molecule has 1 heteroatoms. The molecule has 1 saturated heterocycles. The second-order valence-electron chi connectivity index (χ2n) is 4.14. The Bertz CT molecular complexity index is 118. The molecule has 0 amide bonds. The molecule has 0 spiro atoms. The summed E-state index contributed by atoms with van der Waals surface area (Å²) in [5, 5.41) is 0. The van der Waals surface area contributed by atoms with Crippen LogP contribution in [0.5, 0.6) is 0 Å². The SMILES string of the molecule is CC[C@@H]1N(C)CCC1(C)C. The van der Waals surface area contributed by atoms with Crippen LogP contribution in [0.3, 0.4) is 0 Å². The van der Waals surface area contributed by atoms with E-state index in [0.717, 1.165) is 6.04 Å². The molecule has 60 valence electrons. The van der Waals surface area contributed by atoms with E-state index in [0.29, 0.717) is 5.41 Å². The van der Waals surface area contributed by atoms with Gasteiger partial charge in [0.05, 0.1) is 0 Å². The second-order valence-corrected chi connectivity index (χ2v) is 4.14. The van der Waals surface area contributed by atoms with Crippen LogP contribution in [0.1, 0.15) is 33.6 Å².